The number of carbonyl (C=O) groups is 1. The summed E-state index contributed by atoms with van der Waals surface area (Å²) in [6.45, 7) is 6.09. The van der Waals surface area contributed by atoms with E-state index >= 15 is 0 Å². The summed E-state index contributed by atoms with van der Waals surface area (Å²) in [5, 5.41) is 0. The third kappa shape index (κ3) is 2.82. The summed E-state index contributed by atoms with van der Waals surface area (Å²) in [4.78, 5) is 11.9. The Hall–Kier alpha value is -1.31. The topological polar surface area (TPSA) is 26.3 Å². The fourth-order valence-corrected chi connectivity index (χ4v) is 1.32. The highest BCUT2D eigenvalue weighted by molar-refractivity contribution is 5.97. The Morgan fingerprint density at radius 3 is 2.07 bits per heavy atom. The van der Waals surface area contributed by atoms with Gasteiger partial charge in [-0.25, -0.2) is 0 Å². The van der Waals surface area contributed by atoms with Crippen LogP contribution in [0, 0.1) is 11.8 Å². The Labute approximate surface area is 91.3 Å². The second kappa shape index (κ2) is 4.96. The maximum atomic E-state index is 11.9. The molecule has 0 aromatic heterocycles. The van der Waals surface area contributed by atoms with Crippen molar-refractivity contribution < 1.29 is 9.53 Å². The molecule has 1 atom stereocenters. The van der Waals surface area contributed by atoms with Crippen LogP contribution in [-0.4, -0.2) is 12.9 Å². The molecular weight excluding hydrogens is 188 g/mol. The van der Waals surface area contributed by atoms with Crippen LogP contribution in [0.5, 0.6) is 5.75 Å². The smallest absolute Gasteiger partial charge is 0.165 e. The number of Topliss-reactive ketones (excluding diaryl/α,β-unsaturated/α-hetero) is 1. The van der Waals surface area contributed by atoms with Crippen molar-refractivity contribution in [2.24, 2.45) is 11.8 Å². The van der Waals surface area contributed by atoms with E-state index in [2.05, 4.69) is 13.8 Å². The largest absolute Gasteiger partial charge is 0.497 e. The molecule has 0 N–H and O–H groups in total. The molecule has 1 unspecified atom stereocenters. The molecule has 0 amide bonds. The fourth-order valence-electron chi connectivity index (χ4n) is 1.32. The SMILES string of the molecule is COc1ccc(C(=O)C(C)C(C)C)cc1. The molecule has 0 radical (unpaired) electrons. The fraction of sp³-hybridized carbons (Fsp3) is 0.462. The van der Waals surface area contributed by atoms with Gasteiger partial charge < -0.3 is 4.74 Å². The Kier molecular flexibility index (Phi) is 3.89. The maximum absolute atomic E-state index is 11.9. The van der Waals surface area contributed by atoms with E-state index in [0.717, 1.165) is 11.3 Å². The first kappa shape index (κ1) is 11.8. The highest BCUT2D eigenvalue weighted by atomic mass is 16.5. The van der Waals surface area contributed by atoms with E-state index in [1.54, 1.807) is 7.11 Å². The molecule has 15 heavy (non-hydrogen) atoms. The molecule has 0 aliphatic carbocycles. The predicted molar refractivity (Wildman–Crippen MR) is 61.3 cm³/mol. The van der Waals surface area contributed by atoms with Gasteiger partial charge in [-0.3, -0.25) is 4.79 Å². The molecule has 2 heteroatoms. The van der Waals surface area contributed by atoms with Crippen LogP contribution in [0.2, 0.25) is 0 Å². The van der Waals surface area contributed by atoms with E-state index in [-0.39, 0.29) is 11.7 Å². The summed E-state index contributed by atoms with van der Waals surface area (Å²) in [6, 6.07) is 7.28. The van der Waals surface area contributed by atoms with Crippen molar-refractivity contribution in [2.45, 2.75) is 20.8 Å². The molecule has 82 valence electrons. The van der Waals surface area contributed by atoms with Gasteiger partial charge in [-0.1, -0.05) is 20.8 Å². The van der Waals surface area contributed by atoms with E-state index in [1.165, 1.54) is 0 Å². The molecule has 0 aliphatic heterocycles. The minimum absolute atomic E-state index is 0.0680. The van der Waals surface area contributed by atoms with Crippen molar-refractivity contribution in [1.29, 1.82) is 0 Å². The van der Waals surface area contributed by atoms with Gasteiger partial charge in [-0.2, -0.15) is 0 Å². The lowest BCUT2D eigenvalue weighted by Gasteiger charge is -2.14. The van der Waals surface area contributed by atoms with Crippen LogP contribution >= 0.6 is 0 Å². The first-order chi connectivity index (χ1) is 7.06. The number of methoxy groups -OCH3 is 1. The molecular formula is C13H18O2. The minimum Gasteiger partial charge on any atom is -0.497 e. The second-order valence-electron chi connectivity index (χ2n) is 4.13. The molecule has 1 aromatic rings. The van der Waals surface area contributed by atoms with Crippen LogP contribution in [0.3, 0.4) is 0 Å². The lowest BCUT2D eigenvalue weighted by Crippen LogP contribution is -2.16. The van der Waals surface area contributed by atoms with Crippen LogP contribution in [0.15, 0.2) is 24.3 Å². The Balaban J connectivity index is 2.83. The molecule has 0 fully saturated rings. The van der Waals surface area contributed by atoms with Crippen LogP contribution in [0.25, 0.3) is 0 Å². The van der Waals surface area contributed by atoms with Crippen LogP contribution in [0.1, 0.15) is 31.1 Å². The third-order valence-electron chi connectivity index (χ3n) is 2.79. The van der Waals surface area contributed by atoms with E-state index in [0.29, 0.717) is 5.92 Å². The Bertz CT molecular complexity index is 325. The van der Waals surface area contributed by atoms with Gasteiger partial charge in [0.25, 0.3) is 0 Å². The zero-order valence-electron chi connectivity index (χ0n) is 9.78. The summed E-state index contributed by atoms with van der Waals surface area (Å²) >= 11 is 0. The average Bonchev–Trinajstić information content (AvgIpc) is 2.27. The number of benzene rings is 1. The van der Waals surface area contributed by atoms with Gasteiger partial charge in [0.2, 0.25) is 0 Å². The van der Waals surface area contributed by atoms with Crippen molar-refractivity contribution in [3.05, 3.63) is 29.8 Å². The number of carbonyl (C=O) groups excluding carboxylic acids is 1. The minimum atomic E-state index is 0.0680. The zero-order valence-corrected chi connectivity index (χ0v) is 9.78. The summed E-state index contributed by atoms with van der Waals surface area (Å²) in [7, 11) is 1.62. The molecule has 0 saturated carbocycles. The zero-order chi connectivity index (χ0) is 11.4. The third-order valence-corrected chi connectivity index (χ3v) is 2.79. The van der Waals surface area contributed by atoms with Crippen molar-refractivity contribution in [1.82, 2.24) is 0 Å². The van der Waals surface area contributed by atoms with Gasteiger partial charge in [-0.15, -0.1) is 0 Å². The molecule has 0 heterocycles. The maximum Gasteiger partial charge on any atom is 0.165 e. The van der Waals surface area contributed by atoms with Crippen molar-refractivity contribution in [3.63, 3.8) is 0 Å². The monoisotopic (exact) mass is 206 g/mol. The van der Waals surface area contributed by atoms with Gasteiger partial charge in [0.05, 0.1) is 7.11 Å². The summed E-state index contributed by atoms with van der Waals surface area (Å²) in [5.74, 6) is 1.43. The van der Waals surface area contributed by atoms with Gasteiger partial charge in [-0.05, 0) is 30.2 Å². The van der Waals surface area contributed by atoms with E-state index in [9.17, 15) is 4.79 Å². The van der Waals surface area contributed by atoms with Gasteiger partial charge >= 0.3 is 0 Å². The molecule has 0 aliphatic rings. The van der Waals surface area contributed by atoms with Gasteiger partial charge in [0.15, 0.2) is 5.78 Å². The Morgan fingerprint density at radius 1 is 1.13 bits per heavy atom. The highest BCUT2D eigenvalue weighted by Crippen LogP contribution is 2.18. The standard InChI is InChI=1S/C13H18O2/c1-9(2)10(3)13(14)11-5-7-12(15-4)8-6-11/h5-10H,1-4H3. The summed E-state index contributed by atoms with van der Waals surface area (Å²) in [5.41, 5.74) is 0.761. The van der Waals surface area contributed by atoms with E-state index < -0.39 is 0 Å². The lowest BCUT2D eigenvalue weighted by atomic mass is 9.90. The van der Waals surface area contributed by atoms with Crippen molar-refractivity contribution >= 4 is 5.78 Å². The molecule has 2 nitrogen and oxygen atoms in total. The molecule has 0 bridgehead atoms. The number of ketones is 1. The van der Waals surface area contributed by atoms with Crippen molar-refractivity contribution in [3.8, 4) is 5.75 Å². The molecule has 1 rings (SSSR count). The highest BCUT2D eigenvalue weighted by Gasteiger charge is 2.17. The normalized spacial score (nSPS) is 12.6. The van der Waals surface area contributed by atoms with Crippen LogP contribution < -0.4 is 4.74 Å². The number of hydrogen-bond acceptors (Lipinski definition) is 2. The van der Waals surface area contributed by atoms with Crippen molar-refractivity contribution in [2.75, 3.05) is 7.11 Å². The molecule has 0 spiro atoms. The number of rotatable bonds is 4. The quantitative estimate of drug-likeness (QED) is 0.707. The van der Waals surface area contributed by atoms with E-state index in [1.807, 2.05) is 31.2 Å². The van der Waals surface area contributed by atoms with Gasteiger partial charge in [0.1, 0.15) is 5.75 Å². The first-order valence-electron chi connectivity index (χ1n) is 5.24. The number of ether oxygens (including phenoxy) is 1. The second-order valence-corrected chi connectivity index (χ2v) is 4.13. The lowest BCUT2D eigenvalue weighted by molar-refractivity contribution is 0.0899. The summed E-state index contributed by atoms with van der Waals surface area (Å²) in [6.07, 6.45) is 0. The number of hydrogen-bond donors (Lipinski definition) is 0. The Morgan fingerprint density at radius 2 is 1.67 bits per heavy atom. The molecule has 0 saturated heterocycles. The summed E-state index contributed by atoms with van der Waals surface area (Å²) < 4.78 is 5.05. The average molecular weight is 206 g/mol. The predicted octanol–water partition coefficient (Wildman–Crippen LogP) is 3.17. The van der Waals surface area contributed by atoms with Crippen LogP contribution in [0.4, 0.5) is 0 Å². The van der Waals surface area contributed by atoms with E-state index in [4.69, 9.17) is 4.74 Å². The molecule has 1 aromatic carbocycles. The van der Waals surface area contributed by atoms with Crippen LogP contribution in [-0.2, 0) is 0 Å². The first-order valence-corrected chi connectivity index (χ1v) is 5.24. The van der Waals surface area contributed by atoms with Gasteiger partial charge in [0, 0.05) is 11.5 Å².